The Morgan fingerprint density at radius 2 is 1.16 bits per heavy atom. The maximum Gasteiger partial charge on any atom is 0.0568 e. The van der Waals surface area contributed by atoms with E-state index in [1.54, 1.807) is 0 Å². The summed E-state index contributed by atoms with van der Waals surface area (Å²) in [6, 6.07) is 0. The van der Waals surface area contributed by atoms with Gasteiger partial charge in [-0.25, -0.2) is 0 Å². The predicted molar refractivity (Wildman–Crippen MR) is 86.5 cm³/mol. The highest BCUT2D eigenvalue weighted by Crippen LogP contribution is 2.21. The van der Waals surface area contributed by atoms with E-state index in [0.29, 0.717) is 5.92 Å². The molecule has 0 aliphatic rings. The zero-order valence-electron chi connectivity index (χ0n) is 13.8. The second-order valence-electron chi connectivity index (χ2n) is 6.14. The standard InChI is InChI=1S/C18H38O/c1-4-7-9-10-11-12-13-14-16-18(19)17(6-3)15-8-5-2/h17-19H,4-16H2,1-3H3. The topological polar surface area (TPSA) is 20.2 Å². The smallest absolute Gasteiger partial charge is 0.0568 e. The third-order valence-corrected chi connectivity index (χ3v) is 4.35. The Balaban J connectivity index is 3.42. The zero-order chi connectivity index (χ0) is 14.3. The molecule has 0 aromatic rings. The molecule has 0 aromatic heterocycles. The van der Waals surface area contributed by atoms with Crippen LogP contribution in [0.1, 0.15) is 104 Å². The highest BCUT2D eigenvalue weighted by Gasteiger charge is 2.15. The van der Waals surface area contributed by atoms with Gasteiger partial charge in [0.25, 0.3) is 0 Å². The lowest BCUT2D eigenvalue weighted by Crippen LogP contribution is -2.19. The number of hydrogen-bond donors (Lipinski definition) is 1. The summed E-state index contributed by atoms with van der Waals surface area (Å²) < 4.78 is 0. The minimum Gasteiger partial charge on any atom is -0.393 e. The molecule has 2 atom stereocenters. The second-order valence-corrected chi connectivity index (χ2v) is 6.14. The second kappa shape index (κ2) is 14.4. The lowest BCUT2D eigenvalue weighted by Gasteiger charge is -2.21. The van der Waals surface area contributed by atoms with Gasteiger partial charge < -0.3 is 5.11 Å². The molecule has 0 saturated carbocycles. The van der Waals surface area contributed by atoms with Gasteiger partial charge in [-0.1, -0.05) is 91.4 Å². The molecular weight excluding hydrogens is 232 g/mol. The van der Waals surface area contributed by atoms with E-state index in [1.807, 2.05) is 0 Å². The molecule has 0 bridgehead atoms. The van der Waals surface area contributed by atoms with Crippen LogP contribution in [-0.2, 0) is 0 Å². The first kappa shape index (κ1) is 19.0. The van der Waals surface area contributed by atoms with E-state index in [4.69, 9.17) is 0 Å². The minimum absolute atomic E-state index is 0.0448. The van der Waals surface area contributed by atoms with E-state index in [0.717, 1.165) is 12.8 Å². The maximum atomic E-state index is 10.2. The Kier molecular flexibility index (Phi) is 14.3. The molecule has 0 aliphatic carbocycles. The summed E-state index contributed by atoms with van der Waals surface area (Å²) in [6.07, 6.45) is 16.7. The van der Waals surface area contributed by atoms with Crippen LogP contribution < -0.4 is 0 Å². The largest absolute Gasteiger partial charge is 0.393 e. The Hall–Kier alpha value is -0.0400. The van der Waals surface area contributed by atoms with Crippen molar-refractivity contribution in [3.8, 4) is 0 Å². The first-order valence-corrected chi connectivity index (χ1v) is 8.94. The highest BCUT2D eigenvalue weighted by atomic mass is 16.3. The third kappa shape index (κ3) is 11.5. The van der Waals surface area contributed by atoms with Crippen LogP contribution in [-0.4, -0.2) is 11.2 Å². The fourth-order valence-electron chi connectivity index (χ4n) is 2.86. The molecule has 0 spiro atoms. The van der Waals surface area contributed by atoms with Gasteiger partial charge in [0, 0.05) is 0 Å². The van der Waals surface area contributed by atoms with Gasteiger partial charge >= 0.3 is 0 Å². The molecule has 116 valence electrons. The van der Waals surface area contributed by atoms with Crippen LogP contribution in [0.15, 0.2) is 0 Å². The van der Waals surface area contributed by atoms with E-state index in [1.165, 1.54) is 70.6 Å². The first-order chi connectivity index (χ1) is 9.26. The Morgan fingerprint density at radius 3 is 1.68 bits per heavy atom. The zero-order valence-corrected chi connectivity index (χ0v) is 13.8. The van der Waals surface area contributed by atoms with Gasteiger partial charge in [0.2, 0.25) is 0 Å². The van der Waals surface area contributed by atoms with E-state index in [2.05, 4.69) is 20.8 Å². The molecule has 1 nitrogen and oxygen atoms in total. The molecule has 0 radical (unpaired) electrons. The van der Waals surface area contributed by atoms with Crippen LogP contribution in [0.2, 0.25) is 0 Å². The van der Waals surface area contributed by atoms with Crippen molar-refractivity contribution in [2.45, 2.75) is 110 Å². The van der Waals surface area contributed by atoms with Crippen molar-refractivity contribution in [3.63, 3.8) is 0 Å². The normalized spacial score (nSPS) is 14.5. The highest BCUT2D eigenvalue weighted by molar-refractivity contribution is 4.67. The van der Waals surface area contributed by atoms with Gasteiger partial charge in [0.1, 0.15) is 0 Å². The summed E-state index contributed by atoms with van der Waals surface area (Å²) in [6.45, 7) is 6.72. The third-order valence-electron chi connectivity index (χ3n) is 4.35. The van der Waals surface area contributed by atoms with Gasteiger partial charge in [-0.2, -0.15) is 0 Å². The summed E-state index contributed by atoms with van der Waals surface area (Å²) in [7, 11) is 0. The van der Waals surface area contributed by atoms with Gasteiger partial charge in [-0.05, 0) is 18.8 Å². The van der Waals surface area contributed by atoms with E-state index in [-0.39, 0.29) is 6.10 Å². The lowest BCUT2D eigenvalue weighted by atomic mass is 9.90. The van der Waals surface area contributed by atoms with E-state index < -0.39 is 0 Å². The Bertz CT molecular complexity index is 167. The maximum absolute atomic E-state index is 10.2. The van der Waals surface area contributed by atoms with Crippen molar-refractivity contribution in [1.82, 2.24) is 0 Å². The van der Waals surface area contributed by atoms with Crippen molar-refractivity contribution in [2.75, 3.05) is 0 Å². The molecule has 0 amide bonds. The van der Waals surface area contributed by atoms with Crippen LogP contribution >= 0.6 is 0 Å². The average molecular weight is 271 g/mol. The SMILES string of the molecule is CCCCCCCCCCC(O)C(CC)CCCC. The molecule has 19 heavy (non-hydrogen) atoms. The first-order valence-electron chi connectivity index (χ1n) is 8.94. The van der Waals surface area contributed by atoms with Crippen LogP contribution in [0.5, 0.6) is 0 Å². The number of aliphatic hydroxyl groups excluding tert-OH is 1. The molecule has 0 aromatic carbocycles. The molecule has 0 fully saturated rings. The van der Waals surface area contributed by atoms with Gasteiger partial charge in [-0.3, -0.25) is 0 Å². The van der Waals surface area contributed by atoms with E-state index >= 15 is 0 Å². The molecule has 1 N–H and O–H groups in total. The number of unbranched alkanes of at least 4 members (excludes halogenated alkanes) is 8. The van der Waals surface area contributed by atoms with Crippen molar-refractivity contribution in [1.29, 1.82) is 0 Å². The Morgan fingerprint density at radius 1 is 0.632 bits per heavy atom. The van der Waals surface area contributed by atoms with Crippen molar-refractivity contribution < 1.29 is 5.11 Å². The quantitative estimate of drug-likeness (QED) is 0.378. The minimum atomic E-state index is -0.0448. The molecule has 0 saturated heterocycles. The van der Waals surface area contributed by atoms with Crippen molar-refractivity contribution >= 4 is 0 Å². The monoisotopic (exact) mass is 270 g/mol. The molecular formula is C18H38O. The van der Waals surface area contributed by atoms with E-state index in [9.17, 15) is 5.11 Å². The number of aliphatic hydroxyl groups is 1. The van der Waals surface area contributed by atoms with Gasteiger partial charge in [0.05, 0.1) is 6.10 Å². The lowest BCUT2D eigenvalue weighted by molar-refractivity contribution is 0.0875. The van der Waals surface area contributed by atoms with Crippen LogP contribution in [0, 0.1) is 5.92 Å². The average Bonchev–Trinajstić information content (AvgIpc) is 2.42. The fourth-order valence-corrected chi connectivity index (χ4v) is 2.86. The van der Waals surface area contributed by atoms with Crippen molar-refractivity contribution in [2.24, 2.45) is 5.92 Å². The van der Waals surface area contributed by atoms with Crippen LogP contribution in [0.3, 0.4) is 0 Å². The summed E-state index contributed by atoms with van der Waals surface area (Å²) in [4.78, 5) is 0. The molecule has 0 aliphatic heterocycles. The van der Waals surface area contributed by atoms with Gasteiger partial charge in [0.15, 0.2) is 0 Å². The van der Waals surface area contributed by atoms with Crippen LogP contribution in [0.25, 0.3) is 0 Å². The summed E-state index contributed by atoms with van der Waals surface area (Å²) in [5.41, 5.74) is 0. The summed E-state index contributed by atoms with van der Waals surface area (Å²) in [5.74, 6) is 0.546. The molecule has 0 heterocycles. The van der Waals surface area contributed by atoms with Gasteiger partial charge in [-0.15, -0.1) is 0 Å². The molecule has 1 heteroatoms. The number of hydrogen-bond acceptors (Lipinski definition) is 1. The fraction of sp³-hybridized carbons (Fsp3) is 1.00. The Labute approximate surface area is 122 Å². The summed E-state index contributed by atoms with van der Waals surface area (Å²) in [5, 5.41) is 10.2. The van der Waals surface area contributed by atoms with Crippen molar-refractivity contribution in [3.05, 3.63) is 0 Å². The van der Waals surface area contributed by atoms with Crippen LogP contribution in [0.4, 0.5) is 0 Å². The molecule has 2 unspecified atom stereocenters. The predicted octanol–water partition coefficient (Wildman–Crippen LogP) is 6.09. The number of rotatable bonds is 14. The molecule has 0 rings (SSSR count). The summed E-state index contributed by atoms with van der Waals surface area (Å²) >= 11 is 0.